The Morgan fingerprint density at radius 1 is 1.19 bits per heavy atom. The van der Waals surface area contributed by atoms with Gasteiger partial charge in [-0.1, -0.05) is 0 Å². The third kappa shape index (κ3) is 3.19. The number of benzene rings is 1. The lowest BCUT2D eigenvalue weighted by Crippen LogP contribution is -2.58. The molecule has 0 radical (unpaired) electrons. The van der Waals surface area contributed by atoms with Gasteiger partial charge >= 0.3 is 0 Å². The van der Waals surface area contributed by atoms with Gasteiger partial charge in [-0.25, -0.2) is 17.2 Å². The molecule has 2 atom stereocenters. The number of carbonyl (C=O) groups excluding carboxylic acids is 1. The number of sulfonamides is 1. The van der Waals surface area contributed by atoms with Crippen LogP contribution in [0.15, 0.2) is 28.2 Å². The van der Waals surface area contributed by atoms with Crippen LogP contribution in [0.4, 0.5) is 8.78 Å². The fourth-order valence-corrected chi connectivity index (χ4v) is 5.42. The van der Waals surface area contributed by atoms with Crippen molar-refractivity contribution in [3.8, 4) is 0 Å². The second-order valence-corrected chi connectivity index (χ2v) is 8.07. The van der Waals surface area contributed by atoms with Crippen molar-refractivity contribution in [3.63, 3.8) is 0 Å². The van der Waals surface area contributed by atoms with Gasteiger partial charge in [0.05, 0.1) is 11.1 Å². The average Bonchev–Trinajstić information content (AvgIpc) is 2.85. The van der Waals surface area contributed by atoms with E-state index < -0.39 is 50.3 Å². The Morgan fingerprint density at radius 2 is 1.73 bits per heavy atom. The smallest absolute Gasteiger partial charge is 0.273 e. The summed E-state index contributed by atoms with van der Waals surface area (Å²) in [4.78, 5) is 13.1. The molecule has 8 nitrogen and oxygen atoms in total. The fourth-order valence-electron chi connectivity index (χ4n) is 3.52. The molecular formula is C15H17F2N5O3S. The highest BCUT2D eigenvalue weighted by Gasteiger charge is 2.48. The topological polar surface area (TPSA) is 120 Å². The number of amides is 1. The molecule has 2 aliphatic rings. The maximum Gasteiger partial charge on any atom is 0.273 e. The van der Waals surface area contributed by atoms with Crippen molar-refractivity contribution in [3.05, 3.63) is 29.8 Å². The standard InChI is InChI=1S/C15H17F2N5O3S/c16-9-3-10(17)5-13(4-9)26(24,25)22-11-1-2-12(22)8-21(7-11)15(23)14(18)6-20-19/h3-6,11-12,18H,1-2,7-8,19H2. The zero-order chi connectivity index (χ0) is 19.1. The van der Waals surface area contributed by atoms with Crippen LogP contribution >= 0.6 is 0 Å². The number of nitrogens with two attached hydrogens (primary N) is 1. The number of piperazine rings is 1. The van der Waals surface area contributed by atoms with Crippen molar-refractivity contribution < 1.29 is 22.0 Å². The number of fused-ring (bicyclic) bond motifs is 2. The molecule has 1 aromatic rings. The van der Waals surface area contributed by atoms with E-state index in [1.807, 2.05) is 0 Å². The number of likely N-dealkylation sites (tertiary alicyclic amines) is 1. The Kier molecular flexibility index (Phi) is 4.76. The molecule has 0 aliphatic carbocycles. The molecule has 0 aromatic heterocycles. The number of carbonyl (C=O) groups is 1. The van der Waals surface area contributed by atoms with Crippen molar-refractivity contribution in [1.29, 1.82) is 5.41 Å². The van der Waals surface area contributed by atoms with Crippen LogP contribution in [0, 0.1) is 17.0 Å². The van der Waals surface area contributed by atoms with Crippen LogP contribution in [0.3, 0.4) is 0 Å². The minimum absolute atomic E-state index is 0.0904. The minimum atomic E-state index is -4.11. The Hall–Kier alpha value is -2.40. The molecule has 3 N–H and O–H groups in total. The molecule has 140 valence electrons. The normalized spacial score (nSPS) is 23.5. The Labute approximate surface area is 148 Å². The van der Waals surface area contributed by atoms with Crippen molar-refractivity contribution in [2.75, 3.05) is 13.1 Å². The zero-order valence-electron chi connectivity index (χ0n) is 13.6. The van der Waals surface area contributed by atoms with Crippen molar-refractivity contribution in [2.45, 2.75) is 29.8 Å². The van der Waals surface area contributed by atoms with Gasteiger partial charge in [0.2, 0.25) is 10.0 Å². The highest BCUT2D eigenvalue weighted by Crippen LogP contribution is 2.35. The average molecular weight is 385 g/mol. The van der Waals surface area contributed by atoms with Gasteiger partial charge in [0.25, 0.3) is 5.91 Å². The first-order valence-corrected chi connectivity index (χ1v) is 9.28. The van der Waals surface area contributed by atoms with Crippen LogP contribution in [0.25, 0.3) is 0 Å². The second kappa shape index (κ2) is 6.72. The third-order valence-corrected chi connectivity index (χ3v) is 6.53. The van der Waals surface area contributed by atoms with E-state index in [4.69, 9.17) is 11.3 Å². The molecule has 1 amide bonds. The van der Waals surface area contributed by atoms with Crippen LogP contribution < -0.4 is 5.84 Å². The number of hydrogen-bond donors (Lipinski definition) is 2. The SMILES string of the molecule is N=C(C=NN)C(=O)N1CC2CCC(C1)N2S(=O)(=O)c1cc(F)cc(F)c1. The van der Waals surface area contributed by atoms with Gasteiger partial charge in [-0.2, -0.15) is 9.41 Å². The van der Waals surface area contributed by atoms with Gasteiger partial charge in [-0.15, -0.1) is 0 Å². The molecule has 0 saturated carbocycles. The van der Waals surface area contributed by atoms with Crippen LogP contribution in [0.1, 0.15) is 12.8 Å². The number of nitrogens with zero attached hydrogens (tertiary/aromatic N) is 3. The largest absolute Gasteiger partial charge is 0.334 e. The van der Waals surface area contributed by atoms with Gasteiger partial charge < -0.3 is 10.7 Å². The van der Waals surface area contributed by atoms with E-state index in [0.717, 1.165) is 18.3 Å². The Morgan fingerprint density at radius 3 is 2.23 bits per heavy atom. The number of rotatable bonds is 4. The van der Waals surface area contributed by atoms with Gasteiger partial charge in [-0.05, 0) is 25.0 Å². The minimum Gasteiger partial charge on any atom is -0.334 e. The summed E-state index contributed by atoms with van der Waals surface area (Å²) >= 11 is 0. The summed E-state index contributed by atoms with van der Waals surface area (Å²) in [6, 6.07) is 1.13. The lowest BCUT2D eigenvalue weighted by atomic mass is 10.2. The van der Waals surface area contributed by atoms with E-state index >= 15 is 0 Å². The molecule has 3 rings (SSSR count). The number of halogens is 2. The zero-order valence-corrected chi connectivity index (χ0v) is 14.4. The molecule has 2 fully saturated rings. The summed E-state index contributed by atoms with van der Waals surface area (Å²) in [7, 11) is -4.11. The molecular weight excluding hydrogens is 368 g/mol. The Bertz CT molecular complexity index is 855. The van der Waals surface area contributed by atoms with E-state index in [1.165, 1.54) is 9.21 Å². The number of hydrazone groups is 1. The van der Waals surface area contributed by atoms with Gasteiger partial charge in [0.15, 0.2) is 0 Å². The first-order chi connectivity index (χ1) is 12.2. The van der Waals surface area contributed by atoms with Crippen LogP contribution in [-0.2, 0) is 14.8 Å². The molecule has 2 saturated heterocycles. The summed E-state index contributed by atoms with van der Waals surface area (Å²) in [5.74, 6) is 2.40. The Balaban J connectivity index is 1.86. The summed E-state index contributed by atoms with van der Waals surface area (Å²) < 4.78 is 53.9. The first kappa shape index (κ1) is 18.4. The third-order valence-electron chi connectivity index (χ3n) is 4.55. The molecule has 2 heterocycles. The van der Waals surface area contributed by atoms with Gasteiger partial charge in [0, 0.05) is 31.2 Å². The molecule has 2 unspecified atom stereocenters. The number of hydrogen-bond acceptors (Lipinski definition) is 6. The van der Waals surface area contributed by atoms with Crippen molar-refractivity contribution >= 4 is 27.9 Å². The van der Waals surface area contributed by atoms with E-state index in [2.05, 4.69) is 5.10 Å². The summed E-state index contributed by atoms with van der Waals surface area (Å²) in [5.41, 5.74) is -0.393. The lowest BCUT2D eigenvalue weighted by Gasteiger charge is -2.39. The van der Waals surface area contributed by atoms with E-state index in [1.54, 1.807) is 0 Å². The second-order valence-electron chi connectivity index (χ2n) is 6.23. The van der Waals surface area contributed by atoms with Crippen LogP contribution in [-0.4, -0.2) is 60.6 Å². The summed E-state index contributed by atoms with van der Waals surface area (Å²) in [5, 5.41) is 10.7. The van der Waals surface area contributed by atoms with Crippen LogP contribution in [0.2, 0.25) is 0 Å². The van der Waals surface area contributed by atoms with Crippen molar-refractivity contribution in [1.82, 2.24) is 9.21 Å². The lowest BCUT2D eigenvalue weighted by molar-refractivity contribution is -0.126. The first-order valence-electron chi connectivity index (χ1n) is 7.84. The molecule has 26 heavy (non-hydrogen) atoms. The predicted octanol–water partition coefficient (Wildman–Crippen LogP) is 0.293. The quantitative estimate of drug-likeness (QED) is 0.440. The fraction of sp³-hybridized carbons (Fsp3) is 0.400. The predicted molar refractivity (Wildman–Crippen MR) is 89.2 cm³/mol. The van der Waals surface area contributed by atoms with Gasteiger partial charge in [-0.3, -0.25) is 10.2 Å². The van der Waals surface area contributed by atoms with Crippen molar-refractivity contribution in [2.24, 2.45) is 10.9 Å². The highest BCUT2D eigenvalue weighted by atomic mass is 32.2. The maximum absolute atomic E-state index is 13.4. The molecule has 2 aliphatic heterocycles. The molecule has 11 heteroatoms. The molecule has 2 bridgehead atoms. The van der Waals surface area contributed by atoms with E-state index in [0.29, 0.717) is 18.9 Å². The van der Waals surface area contributed by atoms with Gasteiger partial charge in [0.1, 0.15) is 17.3 Å². The summed E-state index contributed by atoms with van der Waals surface area (Å²) in [6.07, 6.45) is 1.95. The van der Waals surface area contributed by atoms with E-state index in [9.17, 15) is 22.0 Å². The molecule has 1 aromatic carbocycles. The highest BCUT2D eigenvalue weighted by molar-refractivity contribution is 7.89. The maximum atomic E-state index is 13.4. The summed E-state index contributed by atoms with van der Waals surface area (Å²) in [6.45, 7) is 0.181. The van der Waals surface area contributed by atoms with E-state index in [-0.39, 0.29) is 13.1 Å². The monoisotopic (exact) mass is 385 g/mol. The molecule has 0 spiro atoms. The van der Waals surface area contributed by atoms with Crippen LogP contribution in [0.5, 0.6) is 0 Å². The number of nitrogens with one attached hydrogen (secondary N) is 1.